The average molecular weight is 451 g/mol. The summed E-state index contributed by atoms with van der Waals surface area (Å²) in [6.07, 6.45) is 2.95. The van der Waals surface area contributed by atoms with E-state index >= 15 is 0 Å². The number of tetrazole rings is 1. The number of nitrogens with zero attached hydrogens (tertiary/aromatic N) is 6. The highest BCUT2D eigenvalue weighted by atomic mass is 16.5. The maximum atomic E-state index is 5.45. The number of piperazine rings is 1. The van der Waals surface area contributed by atoms with Crippen LogP contribution in [0.2, 0.25) is 0 Å². The van der Waals surface area contributed by atoms with E-state index in [0.29, 0.717) is 0 Å². The van der Waals surface area contributed by atoms with Crippen molar-refractivity contribution in [3.05, 3.63) is 59.9 Å². The Morgan fingerprint density at radius 3 is 2.39 bits per heavy atom. The molecule has 0 radical (unpaired) electrons. The summed E-state index contributed by atoms with van der Waals surface area (Å²) >= 11 is 0. The number of anilines is 1. The fourth-order valence-corrected chi connectivity index (χ4v) is 4.56. The normalized spacial score (nSPS) is 15.4. The average Bonchev–Trinajstić information content (AvgIpc) is 3.34. The van der Waals surface area contributed by atoms with E-state index in [1.807, 2.05) is 16.8 Å². The smallest absolute Gasteiger partial charge is 0.168 e. The summed E-state index contributed by atoms with van der Waals surface area (Å²) in [5.41, 5.74) is 2.46. The van der Waals surface area contributed by atoms with Crippen molar-refractivity contribution in [2.75, 3.05) is 45.3 Å². The number of ether oxygens (including phenoxy) is 2. The Bertz CT molecular complexity index is 1000. The van der Waals surface area contributed by atoms with E-state index < -0.39 is 0 Å². The third-order valence-electron chi connectivity index (χ3n) is 6.36. The Kier molecular flexibility index (Phi) is 7.78. The molecule has 0 spiro atoms. The molecule has 3 aromatic rings. The van der Waals surface area contributed by atoms with E-state index in [1.54, 1.807) is 14.2 Å². The number of aromatic nitrogens is 4. The van der Waals surface area contributed by atoms with Gasteiger partial charge in [0, 0.05) is 38.4 Å². The second kappa shape index (κ2) is 11.1. The molecule has 33 heavy (non-hydrogen) atoms. The summed E-state index contributed by atoms with van der Waals surface area (Å²) in [7, 11) is 3.31. The lowest BCUT2D eigenvalue weighted by atomic mass is 10.1. The van der Waals surface area contributed by atoms with Crippen molar-refractivity contribution >= 4 is 5.69 Å². The minimum atomic E-state index is 0.230. The third kappa shape index (κ3) is 5.45. The van der Waals surface area contributed by atoms with Gasteiger partial charge >= 0.3 is 0 Å². The van der Waals surface area contributed by atoms with Gasteiger partial charge in [0.1, 0.15) is 0 Å². The van der Waals surface area contributed by atoms with Crippen LogP contribution >= 0.6 is 0 Å². The van der Waals surface area contributed by atoms with E-state index in [-0.39, 0.29) is 6.04 Å². The predicted octanol–water partition coefficient (Wildman–Crippen LogP) is 3.60. The van der Waals surface area contributed by atoms with Gasteiger partial charge in [-0.05, 0) is 53.1 Å². The van der Waals surface area contributed by atoms with Crippen molar-refractivity contribution in [2.45, 2.75) is 38.8 Å². The van der Waals surface area contributed by atoms with Crippen LogP contribution in [0.25, 0.3) is 0 Å². The summed E-state index contributed by atoms with van der Waals surface area (Å²) < 4.78 is 12.8. The Morgan fingerprint density at radius 1 is 0.939 bits per heavy atom. The molecule has 1 aliphatic heterocycles. The quantitative estimate of drug-likeness (QED) is 0.467. The van der Waals surface area contributed by atoms with Gasteiger partial charge in [-0.25, -0.2) is 4.68 Å². The van der Waals surface area contributed by atoms with Crippen molar-refractivity contribution < 1.29 is 9.47 Å². The molecular formula is C25H34N6O2. The lowest BCUT2D eigenvalue weighted by Gasteiger charge is -2.39. The molecule has 0 amide bonds. The topological polar surface area (TPSA) is 68.5 Å². The molecule has 8 nitrogen and oxygen atoms in total. The minimum absolute atomic E-state index is 0.230. The fourth-order valence-electron chi connectivity index (χ4n) is 4.56. The van der Waals surface area contributed by atoms with Gasteiger partial charge in [-0.1, -0.05) is 37.6 Å². The molecule has 0 saturated carbocycles. The zero-order valence-corrected chi connectivity index (χ0v) is 19.9. The summed E-state index contributed by atoms with van der Waals surface area (Å²) in [4.78, 5) is 5.00. The molecule has 1 aliphatic rings. The van der Waals surface area contributed by atoms with Crippen LogP contribution in [-0.2, 0) is 13.0 Å². The molecule has 0 N–H and O–H groups in total. The van der Waals surface area contributed by atoms with Crippen LogP contribution < -0.4 is 14.4 Å². The largest absolute Gasteiger partial charge is 0.493 e. The monoisotopic (exact) mass is 450 g/mol. The summed E-state index contributed by atoms with van der Waals surface area (Å²) in [6, 6.07) is 16.9. The molecule has 1 fully saturated rings. The van der Waals surface area contributed by atoms with Crippen molar-refractivity contribution in [3.63, 3.8) is 0 Å². The Balaban J connectivity index is 1.43. The first kappa shape index (κ1) is 23.0. The highest BCUT2D eigenvalue weighted by molar-refractivity contribution is 5.46. The van der Waals surface area contributed by atoms with Gasteiger partial charge in [-0.3, -0.25) is 4.90 Å². The first-order chi connectivity index (χ1) is 16.2. The van der Waals surface area contributed by atoms with Gasteiger partial charge < -0.3 is 14.4 Å². The Labute approximate surface area is 196 Å². The van der Waals surface area contributed by atoms with Crippen LogP contribution in [0.5, 0.6) is 11.5 Å². The molecule has 1 atom stereocenters. The van der Waals surface area contributed by atoms with Gasteiger partial charge in [0.05, 0.1) is 20.3 Å². The van der Waals surface area contributed by atoms with Crippen LogP contribution in [0.4, 0.5) is 5.69 Å². The fraction of sp³-hybridized carbons (Fsp3) is 0.480. The highest BCUT2D eigenvalue weighted by Crippen LogP contribution is 2.29. The Morgan fingerprint density at radius 2 is 1.70 bits per heavy atom. The molecule has 0 unspecified atom stereocenters. The Hall–Kier alpha value is -3.13. The molecule has 0 bridgehead atoms. The molecule has 8 heteroatoms. The van der Waals surface area contributed by atoms with Crippen LogP contribution in [0, 0.1) is 0 Å². The van der Waals surface area contributed by atoms with Gasteiger partial charge in [0.15, 0.2) is 17.3 Å². The second-order valence-corrected chi connectivity index (χ2v) is 8.36. The van der Waals surface area contributed by atoms with Gasteiger partial charge in [-0.15, -0.1) is 5.10 Å². The van der Waals surface area contributed by atoms with E-state index in [2.05, 4.69) is 68.6 Å². The van der Waals surface area contributed by atoms with Crippen molar-refractivity contribution in [1.29, 1.82) is 0 Å². The molecule has 1 aromatic heterocycles. The number of hydrogen-bond acceptors (Lipinski definition) is 7. The summed E-state index contributed by atoms with van der Waals surface area (Å²) in [5, 5.41) is 12.8. The zero-order valence-electron chi connectivity index (χ0n) is 19.9. The molecule has 1 saturated heterocycles. The van der Waals surface area contributed by atoms with E-state index in [4.69, 9.17) is 9.47 Å². The number of rotatable bonds is 10. The number of hydrogen-bond donors (Lipinski definition) is 0. The predicted molar refractivity (Wildman–Crippen MR) is 129 cm³/mol. The molecule has 2 heterocycles. The molecule has 2 aromatic carbocycles. The molecular weight excluding hydrogens is 416 g/mol. The number of methoxy groups -OCH3 is 2. The van der Waals surface area contributed by atoms with Gasteiger partial charge in [0.2, 0.25) is 0 Å². The van der Waals surface area contributed by atoms with E-state index in [1.165, 1.54) is 5.69 Å². The lowest BCUT2D eigenvalue weighted by molar-refractivity contribution is 0.164. The van der Waals surface area contributed by atoms with Crippen LogP contribution in [0.1, 0.15) is 37.2 Å². The maximum absolute atomic E-state index is 5.45. The number of benzene rings is 2. The summed E-state index contributed by atoms with van der Waals surface area (Å²) in [5.74, 6) is 2.44. The van der Waals surface area contributed by atoms with Gasteiger partial charge in [-0.2, -0.15) is 0 Å². The second-order valence-electron chi connectivity index (χ2n) is 8.36. The van der Waals surface area contributed by atoms with E-state index in [0.717, 1.165) is 74.9 Å². The molecule has 4 rings (SSSR count). The summed E-state index contributed by atoms with van der Waals surface area (Å²) in [6.45, 7) is 6.98. The highest BCUT2D eigenvalue weighted by Gasteiger charge is 2.28. The number of para-hydroxylation sites is 1. The first-order valence-electron chi connectivity index (χ1n) is 11.7. The third-order valence-corrected chi connectivity index (χ3v) is 6.36. The van der Waals surface area contributed by atoms with Crippen LogP contribution in [0.15, 0.2) is 48.5 Å². The standard InChI is InChI=1S/C25H34N6O2/c1-4-8-22(30-17-15-29(16-18-30)21-9-6-5-7-10-21)25-26-27-28-31(25)14-13-20-11-12-23(32-2)24(19-20)33-3/h5-7,9-12,19,22H,4,8,13-18H2,1-3H3/t22-/m0/s1. The van der Waals surface area contributed by atoms with Crippen molar-refractivity contribution in [1.82, 2.24) is 25.1 Å². The SMILES string of the molecule is CCC[C@@H](c1nnnn1CCc1ccc(OC)c(OC)c1)N1CCN(c2ccccc2)CC1. The van der Waals surface area contributed by atoms with Gasteiger partial charge in [0.25, 0.3) is 0 Å². The van der Waals surface area contributed by atoms with Crippen LogP contribution in [0.3, 0.4) is 0 Å². The van der Waals surface area contributed by atoms with Crippen molar-refractivity contribution in [3.8, 4) is 11.5 Å². The first-order valence-corrected chi connectivity index (χ1v) is 11.7. The number of aryl methyl sites for hydroxylation is 2. The van der Waals surface area contributed by atoms with Crippen molar-refractivity contribution in [2.24, 2.45) is 0 Å². The zero-order chi connectivity index (χ0) is 23.0. The van der Waals surface area contributed by atoms with E-state index in [9.17, 15) is 0 Å². The maximum Gasteiger partial charge on any atom is 0.168 e. The molecule has 0 aliphatic carbocycles. The minimum Gasteiger partial charge on any atom is -0.493 e. The van der Waals surface area contributed by atoms with Crippen LogP contribution in [-0.4, -0.2) is 65.5 Å². The lowest BCUT2D eigenvalue weighted by Crippen LogP contribution is -2.48. The molecule has 176 valence electrons.